The number of carbonyl (C=O) groups excluding carboxylic acids is 1. The Hall–Kier alpha value is -2.83. The molecule has 1 fully saturated rings. The van der Waals surface area contributed by atoms with Gasteiger partial charge in [0.2, 0.25) is 5.91 Å². The number of aromatic carboxylic acids is 1. The number of rotatable bonds is 5. The molecular weight excluding hydrogens is 485 g/mol. The van der Waals surface area contributed by atoms with E-state index in [0.717, 1.165) is 35.4 Å². The Morgan fingerprint density at radius 2 is 1.60 bits per heavy atom. The van der Waals surface area contributed by atoms with Crippen molar-refractivity contribution in [3.8, 4) is 11.3 Å². The average molecular weight is 514 g/mol. The van der Waals surface area contributed by atoms with Crippen molar-refractivity contribution >= 4 is 35.1 Å². The summed E-state index contributed by atoms with van der Waals surface area (Å²) in [6.45, 7) is 7.78. The van der Waals surface area contributed by atoms with E-state index >= 15 is 0 Å². The molecule has 2 heterocycles. The fraction of sp³-hybridized carbons (Fsp3) is 0.370. The SMILES string of the molecule is CC(C)(C)C(=O)N1CCC(c2cc(-c3cc(Cl)cc(Cl)c3)nn2Cc2ccc(C(=O)O)cc2)CC1. The van der Waals surface area contributed by atoms with Crippen LogP contribution in [-0.2, 0) is 11.3 Å². The van der Waals surface area contributed by atoms with Crippen molar-refractivity contribution in [2.45, 2.75) is 46.1 Å². The van der Waals surface area contributed by atoms with Crippen LogP contribution in [0, 0.1) is 5.41 Å². The first-order valence-corrected chi connectivity index (χ1v) is 12.4. The molecule has 1 amide bonds. The highest BCUT2D eigenvalue weighted by molar-refractivity contribution is 6.35. The highest BCUT2D eigenvalue weighted by Crippen LogP contribution is 2.34. The van der Waals surface area contributed by atoms with Crippen molar-refractivity contribution in [1.82, 2.24) is 14.7 Å². The number of benzene rings is 2. The zero-order valence-electron chi connectivity index (χ0n) is 20.1. The zero-order chi connectivity index (χ0) is 25.3. The van der Waals surface area contributed by atoms with E-state index in [0.29, 0.717) is 29.7 Å². The van der Waals surface area contributed by atoms with Crippen molar-refractivity contribution in [3.63, 3.8) is 0 Å². The highest BCUT2D eigenvalue weighted by Gasteiger charge is 2.32. The number of carboxylic acids is 1. The van der Waals surface area contributed by atoms with Crippen LogP contribution in [0.15, 0.2) is 48.5 Å². The van der Waals surface area contributed by atoms with Gasteiger partial charge < -0.3 is 10.0 Å². The molecule has 0 spiro atoms. The fourth-order valence-corrected chi connectivity index (χ4v) is 5.03. The molecule has 0 aliphatic carbocycles. The van der Waals surface area contributed by atoms with Crippen LogP contribution in [0.3, 0.4) is 0 Å². The maximum absolute atomic E-state index is 12.7. The standard InChI is InChI=1S/C27H29Cl2N3O3/c1-27(2,3)26(35)31-10-8-18(9-11-31)24-15-23(20-12-21(28)14-22(29)13-20)30-32(24)16-17-4-6-19(7-5-17)25(33)34/h4-7,12-15,18H,8-11,16H2,1-3H3,(H,33,34). The van der Waals surface area contributed by atoms with Gasteiger partial charge in [0.15, 0.2) is 0 Å². The molecule has 3 aromatic rings. The summed E-state index contributed by atoms with van der Waals surface area (Å²) in [5.74, 6) is -0.529. The van der Waals surface area contributed by atoms with E-state index < -0.39 is 11.4 Å². The summed E-state index contributed by atoms with van der Waals surface area (Å²) in [7, 11) is 0. The quantitative estimate of drug-likeness (QED) is 0.430. The van der Waals surface area contributed by atoms with Crippen LogP contribution in [0.25, 0.3) is 11.3 Å². The van der Waals surface area contributed by atoms with Crippen molar-refractivity contribution in [2.24, 2.45) is 5.41 Å². The molecular formula is C27H29Cl2N3O3. The monoisotopic (exact) mass is 513 g/mol. The molecule has 1 N–H and O–H groups in total. The van der Waals surface area contributed by atoms with Crippen LogP contribution in [-0.4, -0.2) is 44.8 Å². The van der Waals surface area contributed by atoms with Crippen LogP contribution in [0.4, 0.5) is 0 Å². The lowest BCUT2D eigenvalue weighted by molar-refractivity contribution is -0.140. The van der Waals surface area contributed by atoms with E-state index in [-0.39, 0.29) is 17.4 Å². The molecule has 0 atom stereocenters. The maximum atomic E-state index is 12.7. The van der Waals surface area contributed by atoms with Gasteiger partial charge in [0.05, 0.1) is 17.8 Å². The number of carbonyl (C=O) groups is 2. The normalized spacial score (nSPS) is 14.8. The summed E-state index contributed by atoms with van der Waals surface area (Å²) in [6, 6.07) is 14.3. The Kier molecular flexibility index (Phi) is 7.25. The van der Waals surface area contributed by atoms with Gasteiger partial charge in [-0.25, -0.2) is 4.79 Å². The molecule has 0 saturated carbocycles. The number of aromatic nitrogens is 2. The minimum absolute atomic E-state index is 0.178. The number of hydrogen-bond donors (Lipinski definition) is 1. The molecule has 0 radical (unpaired) electrons. The molecule has 0 unspecified atom stereocenters. The molecule has 0 bridgehead atoms. The predicted molar refractivity (Wildman–Crippen MR) is 138 cm³/mol. The molecule has 4 rings (SSSR count). The first-order valence-electron chi connectivity index (χ1n) is 11.7. The van der Waals surface area contributed by atoms with Crippen LogP contribution in [0.1, 0.15) is 61.1 Å². The average Bonchev–Trinajstić information content (AvgIpc) is 3.21. The minimum atomic E-state index is -0.951. The maximum Gasteiger partial charge on any atom is 0.335 e. The Bertz CT molecular complexity index is 1220. The van der Waals surface area contributed by atoms with Crippen molar-refractivity contribution in [2.75, 3.05) is 13.1 Å². The second kappa shape index (κ2) is 10.0. The van der Waals surface area contributed by atoms with E-state index in [2.05, 4.69) is 6.07 Å². The number of hydrogen-bond acceptors (Lipinski definition) is 3. The summed E-state index contributed by atoms with van der Waals surface area (Å²) in [5.41, 5.74) is 3.51. The third-order valence-corrected chi connectivity index (χ3v) is 6.78. The molecule has 8 heteroatoms. The topological polar surface area (TPSA) is 75.4 Å². The van der Waals surface area contributed by atoms with E-state index in [1.165, 1.54) is 0 Å². The van der Waals surface area contributed by atoms with E-state index in [1.807, 2.05) is 54.6 Å². The summed E-state index contributed by atoms with van der Waals surface area (Å²) in [4.78, 5) is 25.9. The van der Waals surface area contributed by atoms with Gasteiger partial charge in [0.1, 0.15) is 0 Å². The number of likely N-dealkylation sites (tertiary alicyclic amines) is 1. The molecule has 1 aromatic heterocycles. The number of amides is 1. The van der Waals surface area contributed by atoms with Crippen LogP contribution >= 0.6 is 23.2 Å². The third-order valence-electron chi connectivity index (χ3n) is 6.34. The molecule has 1 aliphatic rings. The Morgan fingerprint density at radius 1 is 1.00 bits per heavy atom. The van der Waals surface area contributed by atoms with E-state index in [9.17, 15) is 14.7 Å². The first-order chi connectivity index (χ1) is 16.5. The molecule has 35 heavy (non-hydrogen) atoms. The molecule has 1 saturated heterocycles. The van der Waals surface area contributed by atoms with Gasteiger partial charge in [-0.1, -0.05) is 56.1 Å². The van der Waals surface area contributed by atoms with Crippen LogP contribution in [0.2, 0.25) is 10.0 Å². The number of carboxylic acid groups (broad SMARTS) is 1. The summed E-state index contributed by atoms with van der Waals surface area (Å²) in [6.07, 6.45) is 1.70. The molecule has 2 aromatic carbocycles. The van der Waals surface area contributed by atoms with Gasteiger partial charge in [-0.3, -0.25) is 9.48 Å². The van der Waals surface area contributed by atoms with Gasteiger partial charge in [-0.2, -0.15) is 5.10 Å². The lowest BCUT2D eigenvalue weighted by Crippen LogP contribution is -2.43. The number of nitrogens with zero attached hydrogens (tertiary/aromatic N) is 3. The molecule has 1 aliphatic heterocycles. The summed E-state index contributed by atoms with van der Waals surface area (Å²) < 4.78 is 1.98. The summed E-state index contributed by atoms with van der Waals surface area (Å²) >= 11 is 12.5. The van der Waals surface area contributed by atoms with Crippen molar-refractivity contribution < 1.29 is 14.7 Å². The van der Waals surface area contributed by atoms with E-state index in [4.69, 9.17) is 28.3 Å². The lowest BCUT2D eigenvalue weighted by Gasteiger charge is -2.35. The Labute approximate surface area is 215 Å². The molecule has 184 valence electrons. The fourth-order valence-electron chi connectivity index (χ4n) is 4.51. The lowest BCUT2D eigenvalue weighted by atomic mass is 9.89. The van der Waals surface area contributed by atoms with Gasteiger partial charge >= 0.3 is 5.97 Å². The van der Waals surface area contributed by atoms with Crippen molar-refractivity contribution in [3.05, 3.63) is 75.4 Å². The third kappa shape index (κ3) is 5.88. The van der Waals surface area contributed by atoms with Gasteiger partial charge in [-0.05, 0) is 54.8 Å². The second-order valence-electron chi connectivity index (χ2n) is 10.1. The smallest absolute Gasteiger partial charge is 0.335 e. The second-order valence-corrected chi connectivity index (χ2v) is 11.0. The Morgan fingerprint density at radius 3 is 2.14 bits per heavy atom. The van der Waals surface area contributed by atoms with Crippen molar-refractivity contribution in [1.29, 1.82) is 0 Å². The van der Waals surface area contributed by atoms with E-state index in [1.54, 1.807) is 18.2 Å². The minimum Gasteiger partial charge on any atom is -0.478 e. The summed E-state index contributed by atoms with van der Waals surface area (Å²) in [5, 5.41) is 15.2. The zero-order valence-corrected chi connectivity index (χ0v) is 21.6. The number of halogens is 2. The predicted octanol–water partition coefficient (Wildman–Crippen LogP) is 6.36. The first kappa shape index (κ1) is 25.3. The highest BCUT2D eigenvalue weighted by atomic mass is 35.5. The van der Waals surface area contributed by atoms with Gasteiger partial charge in [0.25, 0.3) is 0 Å². The largest absolute Gasteiger partial charge is 0.478 e. The number of piperidine rings is 1. The molecule has 6 nitrogen and oxygen atoms in total. The van der Waals surface area contributed by atoms with Gasteiger partial charge in [0, 0.05) is 45.7 Å². The van der Waals surface area contributed by atoms with Gasteiger partial charge in [-0.15, -0.1) is 0 Å². The Balaban J connectivity index is 1.63. The van der Waals surface area contributed by atoms with Crippen LogP contribution < -0.4 is 0 Å². The van der Waals surface area contributed by atoms with Crippen LogP contribution in [0.5, 0.6) is 0 Å².